The second-order valence-electron chi connectivity index (χ2n) is 5.61. The molecule has 0 saturated carbocycles. The normalized spacial score (nSPS) is 12.5. The SMILES string of the molecule is O=C(/C=C/C(=O)OCCCNC(=O)c1cn[nH]n1)OCCCNC(=O)C1=NCN=N1. The lowest BCUT2D eigenvalue weighted by molar-refractivity contribution is -0.140. The zero-order valence-electron chi connectivity index (χ0n) is 15.9. The molecule has 0 spiro atoms. The number of H-pyrrole nitrogens is 1. The van der Waals surface area contributed by atoms with Crippen molar-refractivity contribution in [3.8, 4) is 0 Å². The van der Waals surface area contributed by atoms with Crippen molar-refractivity contribution in [2.24, 2.45) is 15.2 Å². The lowest BCUT2D eigenvalue weighted by Crippen LogP contribution is -2.30. The molecule has 0 radical (unpaired) electrons. The number of hydrogen-bond acceptors (Lipinski definition) is 11. The molecule has 1 aromatic heterocycles. The molecule has 0 atom stereocenters. The highest BCUT2D eigenvalue weighted by molar-refractivity contribution is 6.38. The third-order valence-corrected chi connectivity index (χ3v) is 3.36. The third-order valence-electron chi connectivity index (χ3n) is 3.36. The van der Waals surface area contributed by atoms with Gasteiger partial charge in [0.15, 0.2) is 12.4 Å². The van der Waals surface area contributed by atoms with Gasteiger partial charge in [0.1, 0.15) is 0 Å². The van der Waals surface area contributed by atoms with Gasteiger partial charge >= 0.3 is 11.9 Å². The van der Waals surface area contributed by atoms with Crippen LogP contribution in [0.5, 0.6) is 0 Å². The number of carbonyl (C=O) groups is 4. The minimum atomic E-state index is -0.716. The molecule has 1 aliphatic rings. The highest BCUT2D eigenvalue weighted by Gasteiger charge is 2.12. The molecule has 0 aliphatic carbocycles. The summed E-state index contributed by atoms with van der Waals surface area (Å²) in [6, 6.07) is 0. The van der Waals surface area contributed by atoms with Crippen molar-refractivity contribution in [2.75, 3.05) is 33.0 Å². The summed E-state index contributed by atoms with van der Waals surface area (Å²) >= 11 is 0. The van der Waals surface area contributed by atoms with Crippen LogP contribution in [0.1, 0.15) is 23.3 Å². The molecule has 2 heterocycles. The molecule has 1 aromatic rings. The molecule has 3 N–H and O–H groups in total. The van der Waals surface area contributed by atoms with E-state index in [9.17, 15) is 19.2 Å². The topological polar surface area (TPSA) is 189 Å². The number of aromatic nitrogens is 3. The Morgan fingerprint density at radius 3 is 2.17 bits per heavy atom. The molecule has 30 heavy (non-hydrogen) atoms. The number of nitrogens with one attached hydrogen (secondary N) is 3. The number of aromatic amines is 1. The quantitative estimate of drug-likeness (QED) is 0.215. The van der Waals surface area contributed by atoms with Gasteiger partial charge in [-0.3, -0.25) is 9.59 Å². The van der Waals surface area contributed by atoms with Gasteiger partial charge in [-0.15, -0.1) is 5.11 Å². The van der Waals surface area contributed by atoms with Crippen molar-refractivity contribution in [2.45, 2.75) is 12.8 Å². The van der Waals surface area contributed by atoms with Gasteiger partial charge in [-0.2, -0.15) is 20.5 Å². The van der Waals surface area contributed by atoms with E-state index in [0.29, 0.717) is 12.8 Å². The molecule has 2 rings (SSSR count). The van der Waals surface area contributed by atoms with Crippen LogP contribution in [0, 0.1) is 0 Å². The number of nitrogens with zero attached hydrogens (tertiary/aromatic N) is 5. The fraction of sp³-hybridized carbons (Fsp3) is 0.438. The number of carbonyl (C=O) groups excluding carboxylic acids is 4. The van der Waals surface area contributed by atoms with E-state index in [1.54, 1.807) is 0 Å². The Morgan fingerprint density at radius 1 is 1.00 bits per heavy atom. The third kappa shape index (κ3) is 8.37. The molecule has 0 unspecified atom stereocenters. The molecular formula is C16H20N8O6. The van der Waals surface area contributed by atoms with E-state index in [4.69, 9.17) is 9.47 Å². The lowest BCUT2D eigenvalue weighted by atomic mass is 10.4. The first-order chi connectivity index (χ1) is 14.6. The van der Waals surface area contributed by atoms with E-state index in [1.807, 2.05) is 0 Å². The highest BCUT2D eigenvalue weighted by Crippen LogP contribution is 1.95. The number of azo groups is 1. The molecular weight excluding hydrogens is 400 g/mol. The predicted octanol–water partition coefficient (Wildman–Crippen LogP) is -1.10. The molecule has 0 bridgehead atoms. The summed E-state index contributed by atoms with van der Waals surface area (Å²) < 4.78 is 9.78. The Labute approximate surface area is 170 Å². The van der Waals surface area contributed by atoms with Crippen molar-refractivity contribution < 1.29 is 28.7 Å². The van der Waals surface area contributed by atoms with Gasteiger partial charge in [-0.1, -0.05) is 0 Å². The summed E-state index contributed by atoms with van der Waals surface area (Å²) in [7, 11) is 0. The van der Waals surface area contributed by atoms with E-state index >= 15 is 0 Å². The number of esters is 2. The van der Waals surface area contributed by atoms with Crippen LogP contribution in [0.15, 0.2) is 33.6 Å². The van der Waals surface area contributed by atoms with E-state index < -0.39 is 23.8 Å². The van der Waals surface area contributed by atoms with Crippen LogP contribution >= 0.6 is 0 Å². The number of ether oxygens (including phenoxy) is 2. The maximum absolute atomic E-state index is 11.6. The van der Waals surface area contributed by atoms with Crippen molar-refractivity contribution >= 4 is 29.6 Å². The molecule has 0 aromatic carbocycles. The fourth-order valence-electron chi connectivity index (χ4n) is 1.95. The van der Waals surface area contributed by atoms with Gasteiger partial charge in [0.25, 0.3) is 11.8 Å². The maximum atomic E-state index is 11.6. The van der Waals surface area contributed by atoms with Gasteiger partial charge < -0.3 is 20.1 Å². The Balaban J connectivity index is 1.46. The largest absolute Gasteiger partial charge is 0.462 e. The monoisotopic (exact) mass is 420 g/mol. The Morgan fingerprint density at radius 2 is 1.63 bits per heavy atom. The number of amidine groups is 1. The number of aliphatic imine (C=N–C) groups is 1. The molecule has 0 saturated heterocycles. The second kappa shape index (κ2) is 12.5. The van der Waals surface area contributed by atoms with Crippen LogP contribution in [0.3, 0.4) is 0 Å². The zero-order valence-corrected chi connectivity index (χ0v) is 15.9. The molecule has 1 aliphatic heterocycles. The minimum Gasteiger partial charge on any atom is -0.462 e. The molecule has 160 valence electrons. The van der Waals surface area contributed by atoms with Gasteiger partial charge in [-0.25, -0.2) is 14.6 Å². The van der Waals surface area contributed by atoms with Crippen LogP contribution < -0.4 is 10.6 Å². The van der Waals surface area contributed by atoms with Crippen molar-refractivity contribution in [1.82, 2.24) is 26.0 Å². The Bertz CT molecular complexity index is 833. The van der Waals surface area contributed by atoms with Crippen molar-refractivity contribution in [3.63, 3.8) is 0 Å². The highest BCUT2D eigenvalue weighted by atomic mass is 16.5. The average Bonchev–Trinajstić information content (AvgIpc) is 3.45. The first kappa shape index (κ1) is 22.3. The van der Waals surface area contributed by atoms with Crippen LogP contribution in [0.25, 0.3) is 0 Å². The number of rotatable bonds is 12. The predicted molar refractivity (Wildman–Crippen MR) is 99.2 cm³/mol. The molecule has 2 amide bonds. The summed E-state index contributed by atoms with van der Waals surface area (Å²) in [5.41, 5.74) is 0.158. The molecule has 14 heteroatoms. The summed E-state index contributed by atoms with van der Waals surface area (Å²) in [6.45, 7) is 0.798. The second-order valence-corrected chi connectivity index (χ2v) is 5.61. The van der Waals surface area contributed by atoms with Gasteiger partial charge in [0.05, 0.1) is 19.4 Å². The fourth-order valence-corrected chi connectivity index (χ4v) is 1.95. The smallest absolute Gasteiger partial charge is 0.331 e. The van der Waals surface area contributed by atoms with E-state index in [0.717, 1.165) is 12.2 Å². The first-order valence-electron chi connectivity index (χ1n) is 8.92. The van der Waals surface area contributed by atoms with Crippen LogP contribution in [-0.4, -0.2) is 78.0 Å². The number of amides is 2. The summed E-state index contributed by atoms with van der Waals surface area (Å²) in [5, 5.41) is 21.7. The van der Waals surface area contributed by atoms with Crippen molar-refractivity contribution in [3.05, 3.63) is 24.0 Å². The van der Waals surface area contributed by atoms with Crippen molar-refractivity contribution in [1.29, 1.82) is 0 Å². The zero-order chi connectivity index (χ0) is 21.6. The Hall–Kier alpha value is -3.97. The van der Waals surface area contributed by atoms with Gasteiger partial charge in [0.2, 0.25) is 5.84 Å². The maximum Gasteiger partial charge on any atom is 0.331 e. The molecule has 14 nitrogen and oxygen atoms in total. The van der Waals surface area contributed by atoms with E-state index in [-0.39, 0.29) is 44.5 Å². The van der Waals surface area contributed by atoms with E-state index in [2.05, 4.69) is 41.3 Å². The standard InChI is InChI=1S/C16H20N8O6/c25-12(29-7-1-5-17-15(27)11-9-20-24-22-11)3-4-13(26)30-8-2-6-18-16(28)14-19-10-21-23-14/h3-4,9H,1-2,5-8,10H2,(H,17,27)(H,18,28)(H,20,22,24)/b4-3+. The van der Waals surface area contributed by atoms with Gasteiger partial charge in [-0.05, 0) is 12.8 Å². The summed E-state index contributed by atoms with van der Waals surface area (Å²) in [5.74, 6) is -2.25. The van der Waals surface area contributed by atoms with Crippen LogP contribution in [-0.2, 0) is 23.9 Å². The van der Waals surface area contributed by atoms with Crippen LogP contribution in [0.4, 0.5) is 0 Å². The molecule has 0 fully saturated rings. The summed E-state index contributed by atoms with van der Waals surface area (Å²) in [6.07, 6.45) is 3.93. The first-order valence-corrected chi connectivity index (χ1v) is 8.92. The lowest BCUT2D eigenvalue weighted by Gasteiger charge is -2.04. The van der Waals surface area contributed by atoms with Gasteiger partial charge in [0, 0.05) is 25.2 Å². The summed E-state index contributed by atoms with van der Waals surface area (Å²) in [4.78, 5) is 49.9. The average molecular weight is 420 g/mol. The minimum absolute atomic E-state index is 0.0193. The number of hydrogen-bond donors (Lipinski definition) is 3. The van der Waals surface area contributed by atoms with Crippen LogP contribution in [0.2, 0.25) is 0 Å². The Kier molecular flexibility index (Phi) is 9.29. The van der Waals surface area contributed by atoms with E-state index in [1.165, 1.54) is 6.20 Å².